The summed E-state index contributed by atoms with van der Waals surface area (Å²) in [7, 11) is 1.66. The van der Waals surface area contributed by atoms with Crippen molar-refractivity contribution in [2.75, 3.05) is 26.7 Å². The molecule has 1 amide bonds. The van der Waals surface area contributed by atoms with E-state index >= 15 is 0 Å². The number of alkyl carbamates (subject to hydrolysis) is 1. The summed E-state index contributed by atoms with van der Waals surface area (Å²) in [5.41, 5.74) is 6.70. The summed E-state index contributed by atoms with van der Waals surface area (Å²) in [6.45, 7) is 3.35. The molecular weight excluding hydrogens is 731 g/mol. The van der Waals surface area contributed by atoms with E-state index in [1.54, 1.807) is 19.2 Å². The summed E-state index contributed by atoms with van der Waals surface area (Å²) in [4.78, 5) is 30.1. The van der Waals surface area contributed by atoms with Crippen LogP contribution in [0.15, 0.2) is 126 Å². The standard InChI is InChI=1S/C48H49N3O7/c1-56-43-21-17-35(27-36(43)9-6-12-41(52)39-18-20-42(53)47-40(39)19-22-45(54)49-47)32-15-13-31(14-16-32)30-57-38-11-5-10-37(28-38)46(34-7-3-2-4-8-34)50-48(55)58-44-29-51-25-23-33(44)24-26-51/h2-5,7-8,10-11,13-22,27-28,33,41,44,46,52-53H,6,9,12,23-26,29-30H2,1H3,(H,49,54)(H,50,55)/t41-,44-,46-/m0/s1. The number of hydrogen-bond acceptors (Lipinski definition) is 8. The number of phenolic OH excluding ortho intramolecular Hbond substituents is 1. The van der Waals surface area contributed by atoms with Crippen LogP contribution in [0.1, 0.15) is 65.6 Å². The second kappa shape index (κ2) is 17.6. The number of fused-ring (bicyclic) bond motifs is 4. The van der Waals surface area contributed by atoms with Gasteiger partial charge < -0.3 is 34.7 Å². The molecule has 3 aliphatic rings. The number of piperidine rings is 3. The number of ether oxygens (including phenoxy) is 3. The maximum atomic E-state index is 13.3. The highest BCUT2D eigenvalue weighted by atomic mass is 16.6. The van der Waals surface area contributed by atoms with Crippen molar-refractivity contribution in [3.63, 3.8) is 0 Å². The molecule has 0 unspecified atom stereocenters. The molecule has 3 saturated heterocycles. The highest BCUT2D eigenvalue weighted by Gasteiger charge is 2.37. The molecule has 10 nitrogen and oxygen atoms in total. The molecule has 3 aliphatic heterocycles. The van der Waals surface area contributed by atoms with Crippen molar-refractivity contribution in [1.29, 1.82) is 0 Å². The van der Waals surface area contributed by atoms with Gasteiger partial charge in [-0.15, -0.1) is 0 Å². The molecule has 0 aliphatic carbocycles. The molecule has 0 radical (unpaired) electrons. The number of H-pyrrole nitrogens is 1. The smallest absolute Gasteiger partial charge is 0.408 e. The average molecular weight is 780 g/mol. The number of carbonyl (C=O) groups excluding carboxylic acids is 1. The average Bonchev–Trinajstić information content (AvgIpc) is 3.26. The number of aromatic hydroxyl groups is 1. The first kappa shape index (κ1) is 38.8. The summed E-state index contributed by atoms with van der Waals surface area (Å²) in [5.74, 6) is 1.89. The molecule has 58 heavy (non-hydrogen) atoms. The van der Waals surface area contributed by atoms with Gasteiger partial charge >= 0.3 is 6.09 Å². The van der Waals surface area contributed by atoms with Crippen molar-refractivity contribution < 1.29 is 29.2 Å². The maximum Gasteiger partial charge on any atom is 0.408 e. The Morgan fingerprint density at radius 2 is 1.66 bits per heavy atom. The fourth-order valence-electron chi connectivity index (χ4n) is 8.43. The molecule has 0 spiro atoms. The van der Waals surface area contributed by atoms with Crippen molar-refractivity contribution in [2.45, 2.75) is 57.0 Å². The number of rotatable bonds is 14. The Kier molecular flexibility index (Phi) is 11.8. The highest BCUT2D eigenvalue weighted by Crippen LogP contribution is 2.34. The fraction of sp³-hybridized carbons (Fsp3) is 0.292. The second-order valence-electron chi connectivity index (χ2n) is 15.3. The summed E-state index contributed by atoms with van der Waals surface area (Å²) >= 11 is 0. The Balaban J connectivity index is 0.896. The first-order valence-corrected chi connectivity index (χ1v) is 20.1. The Morgan fingerprint density at radius 1 is 0.879 bits per heavy atom. The van der Waals surface area contributed by atoms with Gasteiger partial charge in [0, 0.05) is 18.0 Å². The van der Waals surface area contributed by atoms with E-state index in [0.29, 0.717) is 54.0 Å². The lowest BCUT2D eigenvalue weighted by Crippen LogP contribution is -2.52. The van der Waals surface area contributed by atoms with E-state index < -0.39 is 18.2 Å². The van der Waals surface area contributed by atoms with Crippen LogP contribution in [0, 0.1) is 5.92 Å². The Hall–Kier alpha value is -6.10. The number of aromatic amines is 1. The zero-order chi connectivity index (χ0) is 40.0. The van der Waals surface area contributed by atoms with Crippen LogP contribution in [0.4, 0.5) is 4.79 Å². The van der Waals surface area contributed by atoms with Gasteiger partial charge in [0.05, 0.1) is 24.8 Å². The van der Waals surface area contributed by atoms with Crippen LogP contribution in [0.5, 0.6) is 17.2 Å². The number of aromatic nitrogens is 1. The molecule has 5 aromatic carbocycles. The van der Waals surface area contributed by atoms with Crippen LogP contribution < -0.4 is 20.3 Å². The van der Waals surface area contributed by atoms with E-state index in [4.69, 9.17) is 14.2 Å². The molecule has 3 fully saturated rings. The first-order chi connectivity index (χ1) is 28.3. The topological polar surface area (TPSA) is 133 Å². The van der Waals surface area contributed by atoms with Crippen molar-refractivity contribution in [2.24, 2.45) is 5.92 Å². The normalized spacial score (nSPS) is 18.3. The lowest BCUT2D eigenvalue weighted by Gasteiger charge is -2.43. The van der Waals surface area contributed by atoms with Crippen LogP contribution in [0.2, 0.25) is 0 Å². The number of aliphatic hydroxyl groups excluding tert-OH is 1. The Bertz CT molecular complexity index is 2410. The number of amides is 1. The van der Waals surface area contributed by atoms with Crippen LogP contribution in [-0.2, 0) is 17.8 Å². The number of benzene rings is 5. The molecule has 1 aromatic heterocycles. The number of hydrogen-bond donors (Lipinski definition) is 4. The molecule has 2 bridgehead atoms. The monoisotopic (exact) mass is 779 g/mol. The molecule has 6 aromatic rings. The van der Waals surface area contributed by atoms with Crippen LogP contribution in [0.3, 0.4) is 0 Å². The van der Waals surface area contributed by atoms with Crippen LogP contribution in [-0.4, -0.2) is 59.0 Å². The minimum Gasteiger partial charge on any atom is -0.506 e. The number of methoxy groups -OCH3 is 1. The van der Waals surface area contributed by atoms with E-state index in [-0.39, 0.29) is 17.4 Å². The summed E-state index contributed by atoms with van der Waals surface area (Å²) in [5, 5.41) is 25.1. The first-order valence-electron chi connectivity index (χ1n) is 20.1. The van der Waals surface area contributed by atoms with Crippen molar-refractivity contribution in [1.82, 2.24) is 15.2 Å². The van der Waals surface area contributed by atoms with Gasteiger partial charge in [-0.25, -0.2) is 4.79 Å². The number of phenols is 1. The lowest BCUT2D eigenvalue weighted by atomic mass is 9.86. The summed E-state index contributed by atoms with van der Waals surface area (Å²) in [6.07, 6.45) is 2.77. The predicted molar refractivity (Wildman–Crippen MR) is 224 cm³/mol. The number of nitrogens with zero attached hydrogens (tertiary/aromatic N) is 1. The van der Waals surface area contributed by atoms with Gasteiger partial charge in [-0.3, -0.25) is 9.69 Å². The third kappa shape index (κ3) is 8.88. The molecule has 0 saturated carbocycles. The Labute approximate surface area is 338 Å². The number of aliphatic hydroxyl groups is 1. The van der Waals surface area contributed by atoms with Gasteiger partial charge in [0.1, 0.15) is 30.0 Å². The van der Waals surface area contributed by atoms with Gasteiger partial charge in [0.2, 0.25) is 5.56 Å². The van der Waals surface area contributed by atoms with E-state index in [0.717, 1.165) is 71.6 Å². The molecule has 4 N–H and O–H groups in total. The second-order valence-corrected chi connectivity index (χ2v) is 15.3. The van der Waals surface area contributed by atoms with Crippen LogP contribution in [0.25, 0.3) is 22.0 Å². The van der Waals surface area contributed by atoms with Crippen LogP contribution >= 0.6 is 0 Å². The molecular formula is C48H49N3O7. The highest BCUT2D eigenvalue weighted by molar-refractivity contribution is 5.87. The largest absolute Gasteiger partial charge is 0.506 e. The number of nitrogens with one attached hydrogen (secondary N) is 2. The molecule has 3 atom stereocenters. The minimum atomic E-state index is -0.772. The zero-order valence-corrected chi connectivity index (χ0v) is 32.6. The zero-order valence-electron chi connectivity index (χ0n) is 32.6. The van der Waals surface area contributed by atoms with Gasteiger partial charge in [-0.05, 0) is 126 Å². The van der Waals surface area contributed by atoms with Crippen molar-refractivity contribution >= 4 is 17.0 Å². The third-order valence-electron chi connectivity index (χ3n) is 11.6. The van der Waals surface area contributed by atoms with E-state index in [1.165, 1.54) is 12.1 Å². The van der Waals surface area contributed by atoms with Gasteiger partial charge in [0.25, 0.3) is 0 Å². The number of carbonyl (C=O) groups is 1. The van der Waals surface area contributed by atoms with Gasteiger partial charge in [-0.2, -0.15) is 0 Å². The molecule has 10 heteroatoms. The minimum absolute atomic E-state index is 0.0305. The third-order valence-corrected chi connectivity index (χ3v) is 11.6. The Morgan fingerprint density at radius 3 is 2.41 bits per heavy atom. The molecule has 298 valence electrons. The summed E-state index contributed by atoms with van der Waals surface area (Å²) < 4.78 is 18.0. The molecule has 9 rings (SSSR count). The fourth-order valence-corrected chi connectivity index (χ4v) is 8.43. The van der Waals surface area contributed by atoms with E-state index in [9.17, 15) is 19.8 Å². The maximum absolute atomic E-state index is 13.3. The molecule has 4 heterocycles. The van der Waals surface area contributed by atoms with E-state index in [2.05, 4.69) is 45.5 Å². The SMILES string of the molecule is COc1ccc(-c2ccc(COc3cccc([C@@H](NC(=O)O[C@H]4CN5CCC4CC5)c4ccccc4)c3)cc2)cc1CCC[C@H](O)c1ccc(O)c2[nH]c(=O)ccc12. The van der Waals surface area contributed by atoms with Gasteiger partial charge in [-0.1, -0.05) is 78.9 Å². The number of aryl methyl sites for hydroxylation is 1. The van der Waals surface area contributed by atoms with E-state index in [1.807, 2.05) is 66.7 Å². The summed E-state index contributed by atoms with van der Waals surface area (Å²) in [6, 6.07) is 38.1. The van der Waals surface area contributed by atoms with Gasteiger partial charge in [0.15, 0.2) is 0 Å². The van der Waals surface area contributed by atoms with Crippen molar-refractivity contribution in [3.8, 4) is 28.4 Å². The van der Waals surface area contributed by atoms with Crippen molar-refractivity contribution in [3.05, 3.63) is 159 Å². The predicted octanol–water partition coefficient (Wildman–Crippen LogP) is 8.45. The number of pyridine rings is 1. The lowest BCUT2D eigenvalue weighted by molar-refractivity contribution is -0.0336. The quantitative estimate of drug-likeness (QED) is 0.0866.